The van der Waals surface area contributed by atoms with Crippen LogP contribution in [0, 0.1) is 0 Å². The number of phenolic OH excluding ortho intramolecular Hbond substituents is 3. The van der Waals surface area contributed by atoms with Crippen LogP contribution < -0.4 is 16.4 Å². The smallest absolute Gasteiger partial charge is 0.408 e. The van der Waals surface area contributed by atoms with Crippen LogP contribution in [0.5, 0.6) is 17.2 Å². The van der Waals surface area contributed by atoms with Crippen molar-refractivity contribution in [3.63, 3.8) is 0 Å². The Morgan fingerprint density at radius 2 is 1.15 bits per heavy atom. The molecule has 13 nitrogen and oxygen atoms in total. The second kappa shape index (κ2) is 16.8. The van der Waals surface area contributed by atoms with Gasteiger partial charge in [0.15, 0.2) is 0 Å². The van der Waals surface area contributed by atoms with Crippen molar-refractivity contribution in [3.05, 3.63) is 76.3 Å². The van der Waals surface area contributed by atoms with E-state index in [9.17, 15) is 39.6 Å². The molecule has 3 rings (SSSR count). The van der Waals surface area contributed by atoms with E-state index in [2.05, 4.69) is 10.6 Å². The van der Waals surface area contributed by atoms with Crippen molar-refractivity contribution >= 4 is 23.9 Å². The number of alkyl carbamates (subject to hydrolysis) is 1. The molecule has 0 aliphatic rings. The maximum atomic E-state index is 13.9. The molecule has 3 aromatic rings. The van der Waals surface area contributed by atoms with Crippen LogP contribution in [0.3, 0.4) is 0 Å². The molecule has 3 aromatic carbocycles. The second-order valence-corrected chi connectivity index (χ2v) is 16.6. The van der Waals surface area contributed by atoms with Gasteiger partial charge in [-0.25, -0.2) is 9.59 Å². The molecule has 0 saturated carbocycles. The van der Waals surface area contributed by atoms with E-state index in [1.807, 2.05) is 41.5 Å². The van der Waals surface area contributed by atoms with Crippen molar-refractivity contribution in [2.75, 3.05) is 7.11 Å². The van der Waals surface area contributed by atoms with E-state index in [0.717, 1.165) is 0 Å². The van der Waals surface area contributed by atoms with Gasteiger partial charge in [0.1, 0.15) is 41.0 Å². The molecule has 294 valence electrons. The minimum Gasteiger partial charge on any atom is -0.508 e. The Kier molecular flexibility index (Phi) is 13.4. The van der Waals surface area contributed by atoms with Crippen molar-refractivity contribution < 1.29 is 49.1 Å². The summed E-state index contributed by atoms with van der Waals surface area (Å²) >= 11 is 0. The van der Waals surface area contributed by atoms with Crippen LogP contribution in [-0.2, 0) is 53.9 Å². The quantitative estimate of drug-likeness (QED) is 0.117. The average Bonchev–Trinajstić information content (AvgIpc) is 3.04. The highest BCUT2D eigenvalue weighted by atomic mass is 16.6. The molecule has 3 atom stereocenters. The van der Waals surface area contributed by atoms with E-state index in [0.29, 0.717) is 27.8 Å². The first-order chi connectivity index (χ1) is 24.8. The van der Waals surface area contributed by atoms with Crippen LogP contribution in [0.15, 0.2) is 48.5 Å². The number of ether oxygens (including phenoxy) is 2. The van der Waals surface area contributed by atoms with Gasteiger partial charge in [0, 0.05) is 35.1 Å². The molecule has 0 fully saturated rings. The molecular formula is C41H55N3O10. The maximum Gasteiger partial charge on any atom is 0.408 e. The molecule has 0 spiro atoms. The van der Waals surface area contributed by atoms with Crippen molar-refractivity contribution in [2.45, 2.75) is 116 Å². The summed E-state index contributed by atoms with van der Waals surface area (Å²) in [5, 5.41) is 48.4. The maximum absolute atomic E-state index is 13.9. The van der Waals surface area contributed by atoms with Crippen LogP contribution in [0.4, 0.5) is 4.79 Å². The Hall–Kier alpha value is -5.30. The number of nitrogens with two attached hydrogens (primary N) is 1. The van der Waals surface area contributed by atoms with Gasteiger partial charge in [-0.1, -0.05) is 65.8 Å². The molecule has 2 amide bonds. The summed E-state index contributed by atoms with van der Waals surface area (Å²) < 4.78 is 10.3. The van der Waals surface area contributed by atoms with Crippen molar-refractivity contribution in [1.29, 1.82) is 0 Å². The van der Waals surface area contributed by atoms with Gasteiger partial charge in [-0.2, -0.15) is 0 Å². The van der Waals surface area contributed by atoms with Gasteiger partial charge in [-0.15, -0.1) is 0 Å². The molecule has 0 aliphatic carbocycles. The SMILES string of the molecule is COC(=O)C(N)Cc1cc(-c2cc(CC(NC(=O)OC(C)(C)C)C(=O)N[C@@H](Cc3ccc(O)cc3)C(=O)O)cc(C(C)(C)C)c2O)c(O)c(C(C)(C)C)c1. The third kappa shape index (κ3) is 11.6. The Bertz CT molecular complexity index is 1850. The lowest BCUT2D eigenvalue weighted by molar-refractivity contribution is -0.142. The second-order valence-electron chi connectivity index (χ2n) is 16.6. The number of carbonyl (C=O) groups is 4. The number of benzene rings is 3. The number of esters is 1. The van der Waals surface area contributed by atoms with Gasteiger partial charge in [-0.05, 0) is 79.0 Å². The molecule has 0 bridgehead atoms. The van der Waals surface area contributed by atoms with Crippen LogP contribution in [0.1, 0.15) is 90.1 Å². The van der Waals surface area contributed by atoms with Gasteiger partial charge in [0.25, 0.3) is 0 Å². The van der Waals surface area contributed by atoms with E-state index in [4.69, 9.17) is 15.2 Å². The van der Waals surface area contributed by atoms with Crippen LogP contribution in [0.25, 0.3) is 11.1 Å². The minimum absolute atomic E-state index is 0.00127. The van der Waals surface area contributed by atoms with Crippen molar-refractivity contribution in [2.24, 2.45) is 5.73 Å². The first kappa shape index (κ1) is 43.1. The fourth-order valence-electron chi connectivity index (χ4n) is 5.90. The lowest BCUT2D eigenvalue weighted by Crippen LogP contribution is -2.53. The number of aliphatic carboxylic acids is 1. The topological polar surface area (TPSA) is 218 Å². The number of carbonyl (C=O) groups excluding carboxylic acids is 3. The zero-order chi connectivity index (χ0) is 40.9. The van der Waals surface area contributed by atoms with Crippen LogP contribution in [0.2, 0.25) is 0 Å². The lowest BCUT2D eigenvalue weighted by Gasteiger charge is -2.28. The van der Waals surface area contributed by atoms with Gasteiger partial charge in [0.05, 0.1) is 7.11 Å². The molecule has 54 heavy (non-hydrogen) atoms. The summed E-state index contributed by atoms with van der Waals surface area (Å²) in [6.45, 7) is 16.3. The average molecular weight is 750 g/mol. The van der Waals surface area contributed by atoms with E-state index in [1.54, 1.807) is 57.2 Å². The highest BCUT2D eigenvalue weighted by Gasteiger charge is 2.32. The fraction of sp³-hybridized carbons (Fsp3) is 0.463. The molecule has 0 aliphatic heterocycles. The van der Waals surface area contributed by atoms with E-state index < -0.39 is 58.5 Å². The molecule has 0 saturated heterocycles. The Morgan fingerprint density at radius 3 is 1.57 bits per heavy atom. The lowest BCUT2D eigenvalue weighted by atomic mass is 9.79. The fourth-order valence-corrected chi connectivity index (χ4v) is 5.90. The number of hydrogen-bond donors (Lipinski definition) is 7. The number of carboxylic acid groups (broad SMARTS) is 1. The summed E-state index contributed by atoms with van der Waals surface area (Å²) in [5.41, 5.74) is 7.06. The Morgan fingerprint density at radius 1 is 0.685 bits per heavy atom. The standard InChI is InChI=1S/C41H55N3O10/c1-39(2,3)28-17-23(19-30(42)37(51)53-10)15-26(33(28)46)27-16-24(18-29(34(27)47)40(4,5)6)21-31(44-38(52)54-41(7,8)9)35(48)43-32(36(49)50)20-22-11-13-25(45)14-12-22/h11-18,30-32,45-47H,19-21,42H2,1-10H3,(H,43,48)(H,44,52)(H,49,50)/t30?,31?,32-/m0/s1. The molecule has 0 radical (unpaired) electrons. The number of amides is 2. The number of phenols is 3. The summed E-state index contributed by atoms with van der Waals surface area (Å²) in [4.78, 5) is 51.6. The Balaban J connectivity index is 2.20. The first-order valence-corrected chi connectivity index (χ1v) is 17.7. The number of nitrogens with one attached hydrogen (secondary N) is 2. The normalized spacial score (nSPS) is 13.7. The third-order valence-corrected chi connectivity index (χ3v) is 8.64. The number of rotatable bonds is 12. The number of methoxy groups -OCH3 is 1. The predicted octanol–water partition coefficient (Wildman–Crippen LogP) is 5.36. The van der Waals surface area contributed by atoms with E-state index in [1.165, 1.54) is 19.2 Å². The summed E-state index contributed by atoms with van der Waals surface area (Å²) in [5.74, 6) is -2.97. The van der Waals surface area contributed by atoms with E-state index >= 15 is 0 Å². The molecule has 2 unspecified atom stereocenters. The first-order valence-electron chi connectivity index (χ1n) is 17.7. The number of hydrogen-bond acceptors (Lipinski definition) is 10. The molecule has 8 N–H and O–H groups in total. The minimum atomic E-state index is -1.39. The Labute approximate surface area is 316 Å². The van der Waals surface area contributed by atoms with Crippen LogP contribution >= 0.6 is 0 Å². The number of carboxylic acids is 1. The van der Waals surface area contributed by atoms with Gasteiger partial charge in [-0.3, -0.25) is 9.59 Å². The largest absolute Gasteiger partial charge is 0.508 e. The highest BCUT2D eigenvalue weighted by Crippen LogP contribution is 2.46. The monoisotopic (exact) mass is 749 g/mol. The predicted molar refractivity (Wildman–Crippen MR) is 205 cm³/mol. The van der Waals surface area contributed by atoms with E-state index in [-0.39, 0.29) is 47.6 Å². The molecule has 0 aromatic heterocycles. The zero-order valence-electron chi connectivity index (χ0n) is 32.8. The van der Waals surface area contributed by atoms with Crippen molar-refractivity contribution in [3.8, 4) is 28.4 Å². The van der Waals surface area contributed by atoms with Gasteiger partial charge >= 0.3 is 18.0 Å². The third-order valence-electron chi connectivity index (χ3n) is 8.64. The van der Waals surface area contributed by atoms with Crippen molar-refractivity contribution in [1.82, 2.24) is 10.6 Å². The highest BCUT2D eigenvalue weighted by molar-refractivity contribution is 5.90. The molecule has 13 heteroatoms. The zero-order valence-corrected chi connectivity index (χ0v) is 32.8. The number of aromatic hydroxyl groups is 3. The summed E-state index contributed by atoms with van der Waals surface area (Å²) in [6, 6.07) is 8.85. The molecular weight excluding hydrogens is 694 g/mol. The summed E-state index contributed by atoms with van der Waals surface area (Å²) in [7, 11) is 1.24. The van der Waals surface area contributed by atoms with Crippen LogP contribution in [-0.4, -0.2) is 75.2 Å². The summed E-state index contributed by atoms with van der Waals surface area (Å²) in [6.07, 6.45) is -1.12. The molecule has 0 heterocycles. The van der Waals surface area contributed by atoms with Gasteiger partial charge in [0.2, 0.25) is 5.91 Å². The van der Waals surface area contributed by atoms with Gasteiger partial charge < -0.3 is 46.3 Å².